The molecule has 0 aliphatic carbocycles. The van der Waals surface area contributed by atoms with E-state index < -0.39 is 42.0 Å². The maximum atomic E-state index is 12.6. The SMILES string of the molecule is CCOC(=O)[C@H](CCc1ccccc1)N[C@@H](C)C(=O)N1C(=O)NC[C@H]1C(=O)O. The van der Waals surface area contributed by atoms with Crippen molar-refractivity contribution in [2.24, 2.45) is 0 Å². The van der Waals surface area contributed by atoms with Crippen LogP contribution in [0.3, 0.4) is 0 Å². The summed E-state index contributed by atoms with van der Waals surface area (Å²) in [6, 6.07) is 5.80. The number of hydrogen-bond acceptors (Lipinski definition) is 6. The number of ether oxygens (including phenoxy) is 1. The van der Waals surface area contributed by atoms with E-state index in [0.717, 1.165) is 5.56 Å². The molecule has 1 fully saturated rings. The molecule has 1 aromatic rings. The molecule has 0 aromatic heterocycles. The van der Waals surface area contributed by atoms with Gasteiger partial charge >= 0.3 is 18.0 Å². The van der Waals surface area contributed by atoms with E-state index in [2.05, 4.69) is 10.6 Å². The van der Waals surface area contributed by atoms with E-state index >= 15 is 0 Å². The van der Waals surface area contributed by atoms with Gasteiger partial charge in [-0.3, -0.25) is 14.9 Å². The average Bonchev–Trinajstić information content (AvgIpc) is 3.07. The molecule has 0 saturated carbocycles. The van der Waals surface area contributed by atoms with Gasteiger partial charge < -0.3 is 15.2 Å². The molecule has 2 rings (SSSR count). The average molecular weight is 391 g/mol. The summed E-state index contributed by atoms with van der Waals surface area (Å²) < 4.78 is 5.08. The van der Waals surface area contributed by atoms with Gasteiger partial charge in [-0.15, -0.1) is 0 Å². The highest BCUT2D eigenvalue weighted by molar-refractivity contribution is 6.02. The van der Waals surface area contributed by atoms with Crippen LogP contribution in [0.25, 0.3) is 0 Å². The number of carbonyl (C=O) groups is 4. The molecule has 9 heteroatoms. The molecule has 3 atom stereocenters. The molecular weight excluding hydrogens is 366 g/mol. The molecule has 0 bridgehead atoms. The number of nitrogens with zero attached hydrogens (tertiary/aromatic N) is 1. The van der Waals surface area contributed by atoms with Crippen LogP contribution in [-0.4, -0.2) is 65.2 Å². The molecule has 0 spiro atoms. The number of carbonyl (C=O) groups excluding carboxylic acids is 3. The van der Waals surface area contributed by atoms with Crippen molar-refractivity contribution in [2.75, 3.05) is 13.2 Å². The number of aliphatic carboxylic acids is 1. The summed E-state index contributed by atoms with van der Waals surface area (Å²) in [5.41, 5.74) is 1.03. The number of amides is 3. The second kappa shape index (κ2) is 9.84. The van der Waals surface area contributed by atoms with Gasteiger partial charge in [-0.2, -0.15) is 0 Å². The fraction of sp³-hybridized carbons (Fsp3) is 0.474. The maximum absolute atomic E-state index is 12.6. The largest absolute Gasteiger partial charge is 0.480 e. The topological polar surface area (TPSA) is 125 Å². The summed E-state index contributed by atoms with van der Waals surface area (Å²) in [4.78, 5) is 48.8. The Labute approximate surface area is 163 Å². The molecule has 1 saturated heterocycles. The van der Waals surface area contributed by atoms with Crippen LogP contribution in [0, 0.1) is 0 Å². The number of urea groups is 1. The van der Waals surface area contributed by atoms with Crippen molar-refractivity contribution in [1.82, 2.24) is 15.5 Å². The van der Waals surface area contributed by atoms with Crippen molar-refractivity contribution in [3.8, 4) is 0 Å². The van der Waals surface area contributed by atoms with Crippen LogP contribution in [0.1, 0.15) is 25.8 Å². The third kappa shape index (κ3) is 5.29. The van der Waals surface area contributed by atoms with Crippen molar-refractivity contribution >= 4 is 23.9 Å². The molecule has 9 nitrogen and oxygen atoms in total. The molecule has 1 aliphatic rings. The molecule has 1 aliphatic heterocycles. The highest BCUT2D eigenvalue weighted by Crippen LogP contribution is 2.12. The first-order valence-electron chi connectivity index (χ1n) is 9.15. The molecule has 3 N–H and O–H groups in total. The smallest absolute Gasteiger partial charge is 0.328 e. The molecule has 1 aromatic carbocycles. The van der Waals surface area contributed by atoms with Crippen LogP contribution in [0.15, 0.2) is 30.3 Å². The number of hydrogen-bond donors (Lipinski definition) is 3. The van der Waals surface area contributed by atoms with E-state index in [0.29, 0.717) is 17.7 Å². The quantitative estimate of drug-likeness (QED) is 0.525. The molecular formula is C19H25N3O6. The van der Waals surface area contributed by atoms with Crippen molar-refractivity contribution < 1.29 is 29.0 Å². The summed E-state index contributed by atoms with van der Waals surface area (Å²) in [6.07, 6.45) is 0.967. The van der Waals surface area contributed by atoms with Gasteiger partial charge in [-0.05, 0) is 32.3 Å². The van der Waals surface area contributed by atoms with Crippen molar-refractivity contribution in [1.29, 1.82) is 0 Å². The Bertz CT molecular complexity index is 724. The Morgan fingerprint density at radius 3 is 2.61 bits per heavy atom. The van der Waals surface area contributed by atoms with E-state index in [9.17, 15) is 24.3 Å². The summed E-state index contributed by atoms with van der Waals surface area (Å²) in [5, 5.41) is 14.4. The second-order valence-electron chi connectivity index (χ2n) is 6.47. The predicted octanol–water partition coefficient (Wildman–Crippen LogP) is 0.534. The van der Waals surface area contributed by atoms with Crippen LogP contribution < -0.4 is 10.6 Å². The summed E-state index contributed by atoms with van der Waals surface area (Å²) >= 11 is 0. The van der Waals surface area contributed by atoms with Crippen LogP contribution in [0.4, 0.5) is 4.79 Å². The fourth-order valence-corrected chi connectivity index (χ4v) is 3.00. The van der Waals surface area contributed by atoms with Gasteiger partial charge in [0.2, 0.25) is 5.91 Å². The van der Waals surface area contributed by atoms with E-state index in [1.54, 1.807) is 6.92 Å². The van der Waals surface area contributed by atoms with Crippen molar-refractivity contribution in [3.63, 3.8) is 0 Å². The Balaban J connectivity index is 2.06. The number of carboxylic acid groups (broad SMARTS) is 1. The first kappa shape index (κ1) is 21.4. The van der Waals surface area contributed by atoms with Gasteiger partial charge in [0.15, 0.2) is 6.04 Å². The van der Waals surface area contributed by atoms with E-state index in [4.69, 9.17) is 4.74 Å². The van der Waals surface area contributed by atoms with Crippen LogP contribution in [0.2, 0.25) is 0 Å². The second-order valence-corrected chi connectivity index (χ2v) is 6.47. The van der Waals surface area contributed by atoms with Crippen molar-refractivity contribution in [3.05, 3.63) is 35.9 Å². The van der Waals surface area contributed by atoms with Gasteiger partial charge in [0.05, 0.1) is 19.2 Å². The molecule has 152 valence electrons. The Kier molecular flexibility index (Phi) is 7.51. The van der Waals surface area contributed by atoms with Gasteiger partial charge in [0, 0.05) is 0 Å². The summed E-state index contributed by atoms with van der Waals surface area (Å²) in [5.74, 6) is -2.49. The van der Waals surface area contributed by atoms with Crippen LogP contribution in [-0.2, 0) is 25.5 Å². The third-order valence-electron chi connectivity index (χ3n) is 4.46. The fourth-order valence-electron chi connectivity index (χ4n) is 3.00. The zero-order chi connectivity index (χ0) is 20.7. The van der Waals surface area contributed by atoms with Gasteiger partial charge in [-0.25, -0.2) is 14.5 Å². The molecule has 1 heterocycles. The number of aryl methyl sites for hydroxylation is 1. The molecule has 0 unspecified atom stereocenters. The van der Waals surface area contributed by atoms with Gasteiger partial charge in [0.1, 0.15) is 6.04 Å². The molecule has 0 radical (unpaired) electrons. The normalized spacial score (nSPS) is 18.3. The first-order valence-corrected chi connectivity index (χ1v) is 9.15. The third-order valence-corrected chi connectivity index (χ3v) is 4.46. The minimum absolute atomic E-state index is 0.151. The Morgan fingerprint density at radius 1 is 1.32 bits per heavy atom. The lowest BCUT2D eigenvalue weighted by molar-refractivity contribution is -0.148. The Hall–Kier alpha value is -2.94. The molecule has 3 amide bonds. The standard InChI is InChI=1S/C19H25N3O6/c1-3-28-18(26)14(10-9-13-7-5-4-6-8-13)21-12(2)16(23)22-15(17(24)25)11-20-19(22)27/h4-8,12,14-15,21H,3,9-11H2,1-2H3,(H,20,27)(H,24,25)/t12-,14-,15-/m0/s1. The number of benzene rings is 1. The number of nitrogens with one attached hydrogen (secondary N) is 2. The zero-order valence-electron chi connectivity index (χ0n) is 15.9. The molecule has 28 heavy (non-hydrogen) atoms. The minimum atomic E-state index is -1.27. The summed E-state index contributed by atoms with van der Waals surface area (Å²) in [7, 11) is 0. The Morgan fingerprint density at radius 2 is 2.00 bits per heavy atom. The minimum Gasteiger partial charge on any atom is -0.480 e. The number of esters is 1. The number of imide groups is 1. The van der Waals surface area contributed by atoms with E-state index in [-0.39, 0.29) is 13.2 Å². The monoisotopic (exact) mass is 391 g/mol. The van der Waals surface area contributed by atoms with E-state index in [1.165, 1.54) is 6.92 Å². The van der Waals surface area contributed by atoms with Crippen LogP contribution in [0.5, 0.6) is 0 Å². The highest BCUT2D eigenvalue weighted by Gasteiger charge is 2.42. The number of rotatable bonds is 9. The zero-order valence-corrected chi connectivity index (χ0v) is 15.9. The maximum Gasteiger partial charge on any atom is 0.328 e. The van der Waals surface area contributed by atoms with Crippen molar-refractivity contribution in [2.45, 2.75) is 44.8 Å². The number of carboxylic acids is 1. The summed E-state index contributed by atoms with van der Waals surface area (Å²) in [6.45, 7) is 3.22. The lowest BCUT2D eigenvalue weighted by Gasteiger charge is -2.25. The van der Waals surface area contributed by atoms with Gasteiger partial charge in [-0.1, -0.05) is 30.3 Å². The predicted molar refractivity (Wildman–Crippen MR) is 99.5 cm³/mol. The first-order chi connectivity index (χ1) is 13.3. The lowest BCUT2D eigenvalue weighted by Crippen LogP contribution is -2.54. The van der Waals surface area contributed by atoms with E-state index in [1.807, 2.05) is 30.3 Å². The lowest BCUT2D eigenvalue weighted by atomic mass is 10.0. The highest BCUT2D eigenvalue weighted by atomic mass is 16.5. The van der Waals surface area contributed by atoms with Crippen LogP contribution >= 0.6 is 0 Å². The van der Waals surface area contributed by atoms with Gasteiger partial charge in [0.25, 0.3) is 0 Å².